The number of benzene rings is 1. The van der Waals surface area contributed by atoms with E-state index in [1.807, 2.05) is 24.5 Å². The summed E-state index contributed by atoms with van der Waals surface area (Å²) in [5.41, 5.74) is 1.96. The van der Waals surface area contributed by atoms with Gasteiger partial charge in [0.1, 0.15) is 5.69 Å². The van der Waals surface area contributed by atoms with Gasteiger partial charge in [-0.25, -0.2) is 0 Å². The number of nitrogens with zero attached hydrogens (tertiary/aromatic N) is 2. The van der Waals surface area contributed by atoms with E-state index in [0.29, 0.717) is 16.3 Å². The molecule has 3 nitrogen and oxygen atoms in total. The summed E-state index contributed by atoms with van der Waals surface area (Å²) in [5, 5.41) is 4.87. The molecule has 0 N–H and O–H groups in total. The Morgan fingerprint density at radius 1 is 1.47 bits per heavy atom. The quantitative estimate of drug-likeness (QED) is 0.632. The molecule has 5 heteroatoms. The number of thioether (sulfide) groups is 1. The number of aldehydes is 1. The summed E-state index contributed by atoms with van der Waals surface area (Å²) in [6, 6.07) is 5.74. The highest BCUT2D eigenvalue weighted by molar-refractivity contribution is 7.98. The van der Waals surface area contributed by atoms with Crippen molar-refractivity contribution < 1.29 is 4.79 Å². The third-order valence-corrected chi connectivity index (χ3v) is 3.45. The van der Waals surface area contributed by atoms with Crippen LogP contribution in [-0.2, 0) is 7.05 Å². The van der Waals surface area contributed by atoms with E-state index in [4.69, 9.17) is 11.6 Å². The normalized spacial score (nSPS) is 10.5. The summed E-state index contributed by atoms with van der Waals surface area (Å²) in [4.78, 5) is 12.0. The molecule has 0 amide bonds. The Morgan fingerprint density at radius 2 is 2.24 bits per heavy atom. The number of aromatic nitrogens is 2. The zero-order valence-corrected chi connectivity index (χ0v) is 11.0. The first kappa shape index (κ1) is 12.2. The second-order valence-corrected chi connectivity index (χ2v) is 4.86. The maximum absolute atomic E-state index is 10.9. The van der Waals surface area contributed by atoms with E-state index in [1.165, 1.54) is 0 Å². The maximum atomic E-state index is 10.9. The van der Waals surface area contributed by atoms with E-state index in [9.17, 15) is 4.79 Å². The van der Waals surface area contributed by atoms with Gasteiger partial charge >= 0.3 is 0 Å². The molecule has 0 bridgehead atoms. The minimum Gasteiger partial charge on any atom is -0.298 e. The zero-order chi connectivity index (χ0) is 12.4. The lowest BCUT2D eigenvalue weighted by Crippen LogP contribution is -1.89. The van der Waals surface area contributed by atoms with Gasteiger partial charge in [0.25, 0.3) is 0 Å². The first-order chi connectivity index (χ1) is 8.15. The van der Waals surface area contributed by atoms with Crippen molar-refractivity contribution in [3.05, 3.63) is 35.0 Å². The molecule has 0 aliphatic rings. The Labute approximate surface area is 109 Å². The Hall–Kier alpha value is -1.26. The van der Waals surface area contributed by atoms with Gasteiger partial charge in [-0.3, -0.25) is 9.48 Å². The van der Waals surface area contributed by atoms with Crippen molar-refractivity contribution in [3.8, 4) is 11.3 Å². The van der Waals surface area contributed by atoms with Gasteiger partial charge in [0.15, 0.2) is 6.29 Å². The fraction of sp³-hybridized carbons (Fsp3) is 0.167. The van der Waals surface area contributed by atoms with Gasteiger partial charge in [0.05, 0.1) is 10.6 Å². The average molecular weight is 267 g/mol. The van der Waals surface area contributed by atoms with Crippen LogP contribution in [0.3, 0.4) is 0 Å². The van der Waals surface area contributed by atoms with Gasteiger partial charge in [0.2, 0.25) is 0 Å². The van der Waals surface area contributed by atoms with Crippen molar-refractivity contribution in [1.29, 1.82) is 0 Å². The van der Waals surface area contributed by atoms with Crippen LogP contribution in [0.4, 0.5) is 0 Å². The minimum absolute atomic E-state index is 0.548. The molecule has 2 rings (SSSR count). The smallest absolute Gasteiger partial charge is 0.153 e. The van der Waals surface area contributed by atoms with E-state index < -0.39 is 0 Å². The molecule has 0 spiro atoms. The lowest BCUT2D eigenvalue weighted by atomic mass is 10.1. The molecule has 1 heterocycles. The molecule has 1 aromatic carbocycles. The SMILES string of the molecule is CSc1ccc(-c2nn(C)cc2C=O)c(Cl)c1. The number of rotatable bonds is 3. The molecule has 17 heavy (non-hydrogen) atoms. The summed E-state index contributed by atoms with van der Waals surface area (Å²) in [5.74, 6) is 0. The zero-order valence-electron chi connectivity index (χ0n) is 9.48. The predicted molar refractivity (Wildman–Crippen MR) is 70.8 cm³/mol. The van der Waals surface area contributed by atoms with Crippen LogP contribution < -0.4 is 0 Å². The van der Waals surface area contributed by atoms with Crippen LogP contribution in [0.5, 0.6) is 0 Å². The summed E-state index contributed by atoms with van der Waals surface area (Å²) < 4.78 is 1.61. The van der Waals surface area contributed by atoms with Crippen molar-refractivity contribution in [3.63, 3.8) is 0 Å². The predicted octanol–water partition coefficient (Wildman–Crippen LogP) is 3.27. The number of carbonyl (C=O) groups is 1. The van der Waals surface area contributed by atoms with Gasteiger partial charge in [0, 0.05) is 23.7 Å². The molecule has 0 unspecified atom stereocenters. The van der Waals surface area contributed by atoms with Gasteiger partial charge < -0.3 is 0 Å². The second kappa shape index (κ2) is 4.94. The molecule has 0 radical (unpaired) electrons. The molecule has 0 aliphatic heterocycles. The molecule has 88 valence electrons. The van der Waals surface area contributed by atoms with E-state index in [0.717, 1.165) is 16.7 Å². The monoisotopic (exact) mass is 266 g/mol. The summed E-state index contributed by atoms with van der Waals surface area (Å²) in [6.45, 7) is 0. The fourth-order valence-electron chi connectivity index (χ4n) is 1.62. The van der Waals surface area contributed by atoms with Gasteiger partial charge in [-0.1, -0.05) is 17.7 Å². The standard InChI is InChI=1S/C12H11ClN2OS/c1-15-6-8(7-16)12(14-15)10-4-3-9(17-2)5-11(10)13/h3-7H,1-2H3. The summed E-state index contributed by atoms with van der Waals surface area (Å²) in [7, 11) is 1.78. The van der Waals surface area contributed by atoms with E-state index in [1.54, 1.807) is 29.7 Å². The van der Waals surface area contributed by atoms with Crippen molar-refractivity contribution >= 4 is 29.6 Å². The maximum Gasteiger partial charge on any atom is 0.153 e. The summed E-state index contributed by atoms with van der Waals surface area (Å²) in [6.07, 6.45) is 4.46. The van der Waals surface area contributed by atoms with Crippen molar-refractivity contribution in [2.24, 2.45) is 7.05 Å². The molecule has 1 aromatic heterocycles. The summed E-state index contributed by atoms with van der Waals surface area (Å²) >= 11 is 7.82. The van der Waals surface area contributed by atoms with Crippen LogP contribution in [0.25, 0.3) is 11.3 Å². The van der Waals surface area contributed by atoms with Crippen LogP contribution in [0.2, 0.25) is 5.02 Å². The van der Waals surface area contributed by atoms with Crippen molar-refractivity contribution in [1.82, 2.24) is 9.78 Å². The van der Waals surface area contributed by atoms with Gasteiger partial charge in [-0.2, -0.15) is 5.10 Å². The van der Waals surface area contributed by atoms with Crippen LogP contribution >= 0.6 is 23.4 Å². The number of halogens is 1. The Kier molecular flexibility index (Phi) is 3.54. The molecule has 0 saturated carbocycles. The van der Waals surface area contributed by atoms with Crippen LogP contribution in [0, 0.1) is 0 Å². The van der Waals surface area contributed by atoms with E-state index in [2.05, 4.69) is 5.10 Å². The number of carbonyl (C=O) groups excluding carboxylic acids is 1. The van der Waals surface area contributed by atoms with Crippen LogP contribution in [0.15, 0.2) is 29.3 Å². The molecular formula is C12H11ClN2OS. The highest BCUT2D eigenvalue weighted by Gasteiger charge is 2.12. The fourth-order valence-corrected chi connectivity index (χ4v) is 2.39. The first-order valence-corrected chi connectivity index (χ1v) is 6.58. The van der Waals surface area contributed by atoms with Crippen molar-refractivity contribution in [2.75, 3.05) is 6.26 Å². The van der Waals surface area contributed by atoms with Gasteiger partial charge in [-0.05, 0) is 18.4 Å². The lowest BCUT2D eigenvalue weighted by molar-refractivity contribution is 0.112. The molecule has 0 fully saturated rings. The van der Waals surface area contributed by atoms with E-state index in [-0.39, 0.29) is 0 Å². The van der Waals surface area contributed by atoms with Crippen LogP contribution in [-0.4, -0.2) is 22.3 Å². The van der Waals surface area contributed by atoms with Crippen molar-refractivity contribution in [2.45, 2.75) is 4.90 Å². The molecule has 2 aromatic rings. The molecular weight excluding hydrogens is 256 g/mol. The highest BCUT2D eigenvalue weighted by Crippen LogP contribution is 2.31. The average Bonchev–Trinajstić information content (AvgIpc) is 2.70. The second-order valence-electron chi connectivity index (χ2n) is 3.57. The Bertz CT molecular complexity index is 566. The number of hydrogen-bond donors (Lipinski definition) is 0. The van der Waals surface area contributed by atoms with Crippen LogP contribution in [0.1, 0.15) is 10.4 Å². The third-order valence-electron chi connectivity index (χ3n) is 2.42. The molecule has 0 aliphatic carbocycles. The molecule has 0 saturated heterocycles. The third kappa shape index (κ3) is 2.37. The number of hydrogen-bond acceptors (Lipinski definition) is 3. The van der Waals surface area contributed by atoms with E-state index >= 15 is 0 Å². The Balaban J connectivity index is 2.56. The van der Waals surface area contributed by atoms with Gasteiger partial charge in [-0.15, -0.1) is 11.8 Å². The highest BCUT2D eigenvalue weighted by atomic mass is 35.5. The number of aryl methyl sites for hydroxylation is 1. The molecule has 0 atom stereocenters. The Morgan fingerprint density at radius 3 is 2.82 bits per heavy atom. The minimum atomic E-state index is 0.548. The topological polar surface area (TPSA) is 34.9 Å². The largest absolute Gasteiger partial charge is 0.298 e. The lowest BCUT2D eigenvalue weighted by Gasteiger charge is -2.03. The first-order valence-electron chi connectivity index (χ1n) is 4.98.